The summed E-state index contributed by atoms with van der Waals surface area (Å²) in [6.45, 7) is 9.61. The molecule has 2 amide bonds. The predicted octanol–water partition coefficient (Wildman–Crippen LogP) is 2.98. The number of halogens is 1. The highest BCUT2D eigenvalue weighted by Crippen LogP contribution is 2.27. The number of rotatable bonds is 2. The lowest BCUT2D eigenvalue weighted by molar-refractivity contribution is -0.382. The van der Waals surface area contributed by atoms with Gasteiger partial charge in [0.25, 0.3) is 5.69 Å². The first-order valence-electron chi connectivity index (χ1n) is 7.28. The van der Waals surface area contributed by atoms with Crippen molar-refractivity contribution in [2.24, 2.45) is 0 Å². The van der Waals surface area contributed by atoms with Crippen LogP contribution < -0.4 is 10.1 Å². The van der Waals surface area contributed by atoms with Crippen molar-refractivity contribution >= 4 is 23.6 Å². The summed E-state index contributed by atoms with van der Waals surface area (Å²) in [6, 6.07) is 3.67. The third-order valence-corrected chi connectivity index (χ3v) is 2.48. The fourth-order valence-corrected chi connectivity index (χ4v) is 1.66. The second-order valence-corrected chi connectivity index (χ2v) is 7.04. The zero-order chi connectivity index (χ0) is 18.7. The molecule has 0 radical (unpaired) electrons. The number of nitrogens with one attached hydrogen (secondary N) is 1. The Hall–Kier alpha value is -2.51. The minimum absolute atomic E-state index is 0.412. The standard InChI is InChI=1S/C16H21FN2O5/c1-15(2,3)23-13(20)19(14(21)24-16(4,5)6)11-9-7-8-10(18-22)12(11)17/h7-9H,1-6H3/p+1. The third kappa shape index (κ3) is 5.29. The maximum absolute atomic E-state index is 14.4. The van der Waals surface area contributed by atoms with Crippen LogP contribution in [0.1, 0.15) is 41.5 Å². The van der Waals surface area contributed by atoms with E-state index in [0.29, 0.717) is 4.90 Å². The first kappa shape index (κ1) is 19.5. The fraction of sp³-hybridized carbons (Fsp3) is 0.500. The van der Waals surface area contributed by atoms with Crippen LogP contribution in [0, 0.1) is 10.7 Å². The molecule has 0 saturated carbocycles. The second-order valence-electron chi connectivity index (χ2n) is 7.04. The highest BCUT2D eigenvalue weighted by molar-refractivity contribution is 6.09. The van der Waals surface area contributed by atoms with Crippen molar-refractivity contribution in [1.29, 1.82) is 0 Å². The van der Waals surface area contributed by atoms with Crippen molar-refractivity contribution in [1.82, 2.24) is 0 Å². The lowest BCUT2D eigenvalue weighted by Crippen LogP contribution is -2.56. The van der Waals surface area contributed by atoms with E-state index in [4.69, 9.17) is 9.47 Å². The Morgan fingerprint density at radius 1 is 1.00 bits per heavy atom. The molecule has 0 atom stereocenters. The van der Waals surface area contributed by atoms with Crippen LogP contribution in [0.3, 0.4) is 0 Å². The summed E-state index contributed by atoms with van der Waals surface area (Å²) in [5, 5.41) is 1.41. The van der Waals surface area contributed by atoms with Crippen LogP contribution in [0.5, 0.6) is 0 Å². The van der Waals surface area contributed by atoms with Gasteiger partial charge in [0.05, 0.1) is 0 Å². The normalized spacial score (nSPS) is 11.6. The van der Waals surface area contributed by atoms with Gasteiger partial charge in [-0.25, -0.2) is 9.59 Å². The van der Waals surface area contributed by atoms with Crippen molar-refractivity contribution in [3.63, 3.8) is 0 Å². The number of hydrogen-bond acceptors (Lipinski definition) is 5. The molecular formula is C16H22FN2O5+. The lowest BCUT2D eigenvalue weighted by Gasteiger charge is -2.28. The van der Waals surface area contributed by atoms with Gasteiger partial charge in [0.2, 0.25) is 5.82 Å². The van der Waals surface area contributed by atoms with Gasteiger partial charge in [0.15, 0.2) is 0 Å². The Morgan fingerprint density at radius 2 is 1.46 bits per heavy atom. The predicted molar refractivity (Wildman–Crippen MR) is 85.3 cm³/mol. The minimum Gasteiger partial charge on any atom is -0.443 e. The highest BCUT2D eigenvalue weighted by atomic mass is 19.1. The Balaban J connectivity index is 3.36. The van der Waals surface area contributed by atoms with Gasteiger partial charge in [-0.15, -0.1) is 0 Å². The molecule has 0 aliphatic heterocycles. The van der Waals surface area contributed by atoms with Crippen molar-refractivity contribution in [3.05, 3.63) is 28.9 Å². The van der Waals surface area contributed by atoms with E-state index in [1.54, 1.807) is 41.5 Å². The summed E-state index contributed by atoms with van der Waals surface area (Å²) < 4.78 is 24.7. The summed E-state index contributed by atoms with van der Waals surface area (Å²) in [5.41, 5.74) is -2.69. The number of carbonyl (C=O) groups is 2. The number of anilines is 1. The third-order valence-electron chi connectivity index (χ3n) is 2.48. The number of carbonyl (C=O) groups excluding carboxylic acids is 2. The van der Waals surface area contributed by atoms with Gasteiger partial charge in [-0.2, -0.15) is 9.29 Å². The average Bonchev–Trinajstić information content (AvgIpc) is 2.36. The van der Waals surface area contributed by atoms with Gasteiger partial charge in [0.1, 0.15) is 16.9 Å². The molecule has 0 aliphatic rings. The number of hydrogen-bond donors (Lipinski definition) is 1. The molecule has 1 rings (SSSR count). The van der Waals surface area contributed by atoms with Crippen LogP contribution >= 0.6 is 0 Å². The van der Waals surface area contributed by atoms with Crippen LogP contribution in [-0.4, -0.2) is 23.4 Å². The van der Waals surface area contributed by atoms with Gasteiger partial charge >= 0.3 is 12.2 Å². The monoisotopic (exact) mass is 341 g/mol. The fourth-order valence-electron chi connectivity index (χ4n) is 1.66. The summed E-state index contributed by atoms with van der Waals surface area (Å²) in [4.78, 5) is 36.0. The molecule has 1 aromatic rings. The summed E-state index contributed by atoms with van der Waals surface area (Å²) in [5.74, 6) is -1.07. The molecule has 0 bridgehead atoms. The molecule has 0 unspecified atom stereocenters. The molecule has 0 fully saturated rings. The van der Waals surface area contributed by atoms with E-state index in [-0.39, 0.29) is 0 Å². The Bertz CT molecular complexity index is 619. The number of ether oxygens (including phenoxy) is 2. The molecular weight excluding hydrogens is 319 g/mol. The van der Waals surface area contributed by atoms with Crippen molar-refractivity contribution in [2.45, 2.75) is 52.7 Å². The average molecular weight is 341 g/mol. The van der Waals surface area contributed by atoms with Gasteiger partial charge in [-0.3, -0.25) is 0 Å². The minimum atomic E-state index is -1.11. The lowest BCUT2D eigenvalue weighted by atomic mass is 10.2. The summed E-state index contributed by atoms with van der Waals surface area (Å²) in [7, 11) is 0. The zero-order valence-corrected chi connectivity index (χ0v) is 14.6. The van der Waals surface area contributed by atoms with E-state index < -0.39 is 40.6 Å². The second kappa shape index (κ2) is 6.94. The van der Waals surface area contributed by atoms with E-state index in [9.17, 15) is 18.9 Å². The van der Waals surface area contributed by atoms with Gasteiger partial charge in [-0.1, -0.05) is 6.07 Å². The van der Waals surface area contributed by atoms with Crippen LogP contribution in [0.25, 0.3) is 0 Å². The van der Waals surface area contributed by atoms with E-state index in [1.807, 2.05) is 0 Å². The molecule has 1 N–H and O–H groups in total. The molecule has 0 saturated heterocycles. The van der Waals surface area contributed by atoms with Crippen molar-refractivity contribution < 1.29 is 28.6 Å². The van der Waals surface area contributed by atoms with Crippen molar-refractivity contribution in [3.8, 4) is 0 Å². The number of imide groups is 1. The van der Waals surface area contributed by atoms with Gasteiger partial charge in [0, 0.05) is 16.2 Å². The topological polar surface area (TPSA) is 86.9 Å². The molecule has 24 heavy (non-hydrogen) atoms. The quantitative estimate of drug-likeness (QED) is 0.893. The molecule has 0 heterocycles. The van der Waals surface area contributed by atoms with E-state index >= 15 is 0 Å². The molecule has 0 aromatic heterocycles. The Kier molecular flexibility index (Phi) is 5.65. The van der Waals surface area contributed by atoms with E-state index in [1.165, 1.54) is 23.4 Å². The molecule has 1 aromatic carbocycles. The SMILES string of the molecule is CC(C)(C)OC(=O)N(C(=O)OC(C)(C)C)c1cccc([NH+]=O)c1F. The Morgan fingerprint density at radius 3 is 1.83 bits per heavy atom. The van der Waals surface area contributed by atoms with Gasteiger partial charge < -0.3 is 9.47 Å². The largest absolute Gasteiger partial charge is 0.443 e. The van der Waals surface area contributed by atoms with Crippen LogP contribution in [0.2, 0.25) is 0 Å². The van der Waals surface area contributed by atoms with Crippen molar-refractivity contribution in [2.75, 3.05) is 4.90 Å². The number of nitrogens with zero attached hydrogens (tertiary/aromatic N) is 1. The highest BCUT2D eigenvalue weighted by Gasteiger charge is 2.35. The first-order valence-corrected chi connectivity index (χ1v) is 7.28. The first-order chi connectivity index (χ1) is 10.9. The molecule has 0 aliphatic carbocycles. The zero-order valence-electron chi connectivity index (χ0n) is 14.6. The molecule has 0 spiro atoms. The van der Waals surface area contributed by atoms with Crippen LogP contribution in [0.15, 0.2) is 18.2 Å². The van der Waals surface area contributed by atoms with Crippen LogP contribution in [-0.2, 0) is 9.47 Å². The number of benzene rings is 1. The van der Waals surface area contributed by atoms with E-state index in [0.717, 1.165) is 0 Å². The summed E-state index contributed by atoms with van der Waals surface area (Å²) in [6.07, 6.45) is -2.22. The molecule has 132 valence electrons. The number of amides is 2. The maximum Gasteiger partial charge on any atom is 0.424 e. The number of nitroso groups, excluding NO2 is 1. The Labute approximate surface area is 139 Å². The molecule has 8 heteroatoms. The van der Waals surface area contributed by atoms with Crippen LogP contribution in [0.4, 0.5) is 25.4 Å². The maximum atomic E-state index is 14.4. The molecule has 7 nitrogen and oxygen atoms in total. The summed E-state index contributed by atoms with van der Waals surface area (Å²) >= 11 is 0. The smallest absolute Gasteiger partial charge is 0.424 e. The van der Waals surface area contributed by atoms with E-state index in [2.05, 4.69) is 0 Å². The van der Waals surface area contributed by atoms with Gasteiger partial charge in [-0.05, 0) is 47.6 Å².